The van der Waals surface area contributed by atoms with Crippen LogP contribution in [0.1, 0.15) is 18.2 Å². The maximum atomic E-state index is 12.2. The highest BCUT2D eigenvalue weighted by molar-refractivity contribution is 7.89. The van der Waals surface area contributed by atoms with E-state index in [9.17, 15) is 13.5 Å². The van der Waals surface area contributed by atoms with Crippen molar-refractivity contribution in [2.75, 3.05) is 6.61 Å². The van der Waals surface area contributed by atoms with Crippen LogP contribution in [0.3, 0.4) is 0 Å². The SMILES string of the molecule is CCOc1ccc(S(=O)(=O)NCc2ccco2)cc1CO. The highest BCUT2D eigenvalue weighted by atomic mass is 32.2. The molecule has 0 saturated heterocycles. The van der Waals surface area contributed by atoms with Crippen molar-refractivity contribution in [2.24, 2.45) is 0 Å². The Morgan fingerprint density at radius 1 is 1.33 bits per heavy atom. The van der Waals surface area contributed by atoms with Crippen molar-refractivity contribution < 1.29 is 22.7 Å². The minimum absolute atomic E-state index is 0.0665. The predicted octanol–water partition coefficient (Wildman–Crippen LogP) is 1.65. The molecule has 7 heteroatoms. The first-order chi connectivity index (χ1) is 10.1. The third-order valence-electron chi connectivity index (χ3n) is 2.83. The van der Waals surface area contributed by atoms with E-state index in [2.05, 4.69) is 4.72 Å². The largest absolute Gasteiger partial charge is 0.494 e. The van der Waals surface area contributed by atoms with Crippen LogP contribution in [-0.2, 0) is 23.2 Å². The van der Waals surface area contributed by atoms with E-state index in [0.717, 1.165) is 0 Å². The van der Waals surface area contributed by atoms with Gasteiger partial charge in [-0.3, -0.25) is 0 Å². The third-order valence-corrected chi connectivity index (χ3v) is 4.23. The van der Waals surface area contributed by atoms with Gasteiger partial charge in [-0.2, -0.15) is 0 Å². The molecule has 2 rings (SSSR count). The summed E-state index contributed by atoms with van der Waals surface area (Å²) in [5.41, 5.74) is 0.428. The molecule has 0 amide bonds. The molecule has 21 heavy (non-hydrogen) atoms. The van der Waals surface area contributed by atoms with E-state index < -0.39 is 10.0 Å². The van der Waals surface area contributed by atoms with Gasteiger partial charge in [-0.25, -0.2) is 13.1 Å². The second-order valence-corrected chi connectivity index (χ2v) is 6.03. The van der Waals surface area contributed by atoms with E-state index in [4.69, 9.17) is 9.15 Å². The lowest BCUT2D eigenvalue weighted by atomic mass is 10.2. The highest BCUT2D eigenvalue weighted by Gasteiger charge is 2.16. The fourth-order valence-corrected chi connectivity index (χ4v) is 2.85. The van der Waals surface area contributed by atoms with Gasteiger partial charge in [0.25, 0.3) is 0 Å². The summed E-state index contributed by atoms with van der Waals surface area (Å²) >= 11 is 0. The number of benzene rings is 1. The van der Waals surface area contributed by atoms with E-state index >= 15 is 0 Å². The van der Waals surface area contributed by atoms with Crippen LogP contribution in [0, 0.1) is 0 Å². The fraction of sp³-hybridized carbons (Fsp3) is 0.286. The second kappa shape index (κ2) is 6.75. The summed E-state index contributed by atoms with van der Waals surface area (Å²) in [6.45, 7) is 2.03. The van der Waals surface area contributed by atoms with Crippen LogP contribution in [0.5, 0.6) is 5.75 Å². The summed E-state index contributed by atoms with van der Waals surface area (Å²) in [5, 5.41) is 9.31. The molecule has 0 aliphatic heterocycles. The van der Waals surface area contributed by atoms with Gasteiger partial charge in [0.15, 0.2) is 0 Å². The number of furan rings is 1. The smallest absolute Gasteiger partial charge is 0.240 e. The maximum absolute atomic E-state index is 12.2. The number of sulfonamides is 1. The number of nitrogens with one attached hydrogen (secondary N) is 1. The minimum Gasteiger partial charge on any atom is -0.494 e. The Balaban J connectivity index is 2.19. The monoisotopic (exact) mass is 311 g/mol. The second-order valence-electron chi connectivity index (χ2n) is 4.26. The van der Waals surface area contributed by atoms with Crippen LogP contribution >= 0.6 is 0 Å². The maximum Gasteiger partial charge on any atom is 0.240 e. The van der Waals surface area contributed by atoms with Gasteiger partial charge in [-0.15, -0.1) is 0 Å². The standard InChI is InChI=1S/C14H17NO5S/c1-2-19-14-6-5-13(8-11(14)10-16)21(17,18)15-9-12-4-3-7-20-12/h3-8,15-16H,2,9-10H2,1H3. The molecule has 0 saturated carbocycles. The first-order valence-electron chi connectivity index (χ1n) is 6.45. The molecule has 0 aliphatic rings. The molecule has 0 fully saturated rings. The van der Waals surface area contributed by atoms with Crippen molar-refractivity contribution >= 4 is 10.0 Å². The summed E-state index contributed by atoms with van der Waals surface area (Å²) in [6.07, 6.45) is 1.48. The van der Waals surface area contributed by atoms with Crippen LogP contribution in [0.15, 0.2) is 45.9 Å². The van der Waals surface area contributed by atoms with E-state index in [1.807, 2.05) is 6.92 Å². The van der Waals surface area contributed by atoms with E-state index in [0.29, 0.717) is 23.7 Å². The Morgan fingerprint density at radius 2 is 2.14 bits per heavy atom. The van der Waals surface area contributed by atoms with Crippen molar-refractivity contribution in [1.82, 2.24) is 4.72 Å². The average molecular weight is 311 g/mol. The lowest BCUT2D eigenvalue weighted by Gasteiger charge is -2.11. The molecule has 0 aliphatic carbocycles. The van der Waals surface area contributed by atoms with Crippen LogP contribution in [-0.4, -0.2) is 20.1 Å². The summed E-state index contributed by atoms with van der Waals surface area (Å²) in [6, 6.07) is 7.74. The molecular formula is C14H17NO5S. The fourth-order valence-electron chi connectivity index (χ4n) is 1.81. The van der Waals surface area contributed by atoms with Crippen molar-refractivity contribution in [1.29, 1.82) is 0 Å². The average Bonchev–Trinajstić information content (AvgIpc) is 2.99. The number of aliphatic hydroxyl groups is 1. The number of hydrogen-bond acceptors (Lipinski definition) is 5. The summed E-state index contributed by atoms with van der Waals surface area (Å²) in [4.78, 5) is 0.0709. The van der Waals surface area contributed by atoms with Gasteiger partial charge >= 0.3 is 0 Å². The zero-order valence-electron chi connectivity index (χ0n) is 11.6. The van der Waals surface area contributed by atoms with Crippen LogP contribution in [0.4, 0.5) is 0 Å². The predicted molar refractivity (Wildman–Crippen MR) is 76.3 cm³/mol. The molecular weight excluding hydrogens is 294 g/mol. The molecule has 1 aromatic heterocycles. The van der Waals surface area contributed by atoms with Gasteiger partial charge in [0, 0.05) is 5.56 Å². The molecule has 1 heterocycles. The highest BCUT2D eigenvalue weighted by Crippen LogP contribution is 2.23. The Morgan fingerprint density at radius 3 is 2.76 bits per heavy atom. The Labute approximate surface area is 123 Å². The van der Waals surface area contributed by atoms with E-state index in [-0.39, 0.29) is 18.0 Å². The number of hydrogen-bond donors (Lipinski definition) is 2. The summed E-state index contributed by atoms with van der Waals surface area (Å²) in [7, 11) is -3.68. The van der Waals surface area contributed by atoms with Crippen LogP contribution < -0.4 is 9.46 Å². The van der Waals surface area contributed by atoms with Gasteiger partial charge in [-0.05, 0) is 37.3 Å². The van der Waals surface area contributed by atoms with E-state index in [1.54, 1.807) is 12.1 Å². The molecule has 0 radical (unpaired) electrons. The Bertz CT molecular complexity index is 679. The third kappa shape index (κ3) is 3.84. The zero-order chi connectivity index (χ0) is 15.3. The molecule has 6 nitrogen and oxygen atoms in total. The quantitative estimate of drug-likeness (QED) is 0.811. The van der Waals surface area contributed by atoms with Crippen molar-refractivity contribution in [2.45, 2.75) is 25.0 Å². The van der Waals surface area contributed by atoms with Gasteiger partial charge < -0.3 is 14.3 Å². The van der Waals surface area contributed by atoms with Gasteiger partial charge in [0.2, 0.25) is 10.0 Å². The molecule has 114 valence electrons. The van der Waals surface area contributed by atoms with Crippen LogP contribution in [0.25, 0.3) is 0 Å². The molecule has 1 aromatic carbocycles. The topological polar surface area (TPSA) is 88.8 Å². The first kappa shape index (κ1) is 15.6. The number of rotatable bonds is 7. The molecule has 0 unspecified atom stereocenters. The van der Waals surface area contributed by atoms with Crippen molar-refractivity contribution in [3.05, 3.63) is 47.9 Å². The van der Waals surface area contributed by atoms with Crippen LogP contribution in [0.2, 0.25) is 0 Å². The Hall–Kier alpha value is -1.83. The normalized spacial score (nSPS) is 11.5. The zero-order valence-corrected chi connectivity index (χ0v) is 12.4. The van der Waals surface area contributed by atoms with Crippen molar-refractivity contribution in [3.8, 4) is 5.75 Å². The first-order valence-corrected chi connectivity index (χ1v) is 7.93. The van der Waals surface area contributed by atoms with Gasteiger partial charge in [0.1, 0.15) is 11.5 Å². The lowest BCUT2D eigenvalue weighted by Crippen LogP contribution is -2.23. The molecule has 2 aromatic rings. The molecule has 2 N–H and O–H groups in total. The molecule has 0 spiro atoms. The number of aliphatic hydroxyl groups excluding tert-OH is 1. The minimum atomic E-state index is -3.68. The molecule has 0 atom stereocenters. The van der Waals surface area contributed by atoms with Gasteiger partial charge in [0.05, 0.1) is 30.9 Å². The summed E-state index contributed by atoms with van der Waals surface area (Å²) < 4.78 is 37.2. The Kier molecular flexibility index (Phi) is 5.00. The van der Waals surface area contributed by atoms with Crippen molar-refractivity contribution in [3.63, 3.8) is 0 Å². The van der Waals surface area contributed by atoms with E-state index in [1.165, 1.54) is 24.5 Å². The summed E-state index contributed by atoms with van der Waals surface area (Å²) in [5.74, 6) is 0.997. The van der Waals surface area contributed by atoms with Gasteiger partial charge in [-0.1, -0.05) is 0 Å². The number of ether oxygens (including phenoxy) is 1. The molecule has 0 bridgehead atoms. The lowest BCUT2D eigenvalue weighted by molar-refractivity contribution is 0.266.